The molecule has 0 radical (unpaired) electrons. The summed E-state index contributed by atoms with van der Waals surface area (Å²) >= 11 is 0. The maximum atomic E-state index is 10.1. The lowest BCUT2D eigenvalue weighted by Crippen LogP contribution is -2.11. The van der Waals surface area contributed by atoms with Crippen molar-refractivity contribution >= 4 is 10.1 Å². The van der Waals surface area contributed by atoms with E-state index in [1.54, 1.807) is 19.3 Å². The van der Waals surface area contributed by atoms with Gasteiger partial charge in [-0.05, 0) is 19.1 Å². The summed E-state index contributed by atoms with van der Waals surface area (Å²) in [6.07, 6.45) is 3.50. The molecule has 0 saturated heterocycles. The maximum Gasteiger partial charge on any atom is 0.267 e. The highest BCUT2D eigenvalue weighted by molar-refractivity contribution is 7.85. The molecule has 1 heterocycles. The minimum absolute atomic E-state index is 0.00565. The van der Waals surface area contributed by atoms with Gasteiger partial charge in [0.2, 0.25) is 0 Å². The third-order valence-corrected chi connectivity index (χ3v) is 2.08. The third-order valence-electron chi connectivity index (χ3n) is 1.40. The molecule has 0 spiro atoms. The molecule has 0 aromatic carbocycles. The van der Waals surface area contributed by atoms with Crippen molar-refractivity contribution < 1.29 is 17.7 Å². The summed E-state index contributed by atoms with van der Waals surface area (Å²) in [7, 11) is -3.88. The van der Waals surface area contributed by atoms with Crippen molar-refractivity contribution in [2.75, 3.05) is 19.0 Å². The Kier molecular flexibility index (Phi) is 8.21. The lowest BCUT2D eigenvalue weighted by molar-refractivity contribution is 0.171. The molecule has 0 fully saturated rings. The maximum absolute atomic E-state index is 10.1. The van der Waals surface area contributed by atoms with Crippen LogP contribution in [0, 0.1) is 0 Å². The second-order valence-electron chi connectivity index (χ2n) is 3.32. The highest BCUT2D eigenvalue weighted by atomic mass is 32.2. The molecule has 0 amide bonds. The van der Waals surface area contributed by atoms with Crippen molar-refractivity contribution in [1.82, 2.24) is 4.98 Å². The van der Waals surface area contributed by atoms with E-state index in [0.717, 1.165) is 5.57 Å². The van der Waals surface area contributed by atoms with Crippen LogP contribution in [0.1, 0.15) is 6.92 Å². The molecule has 1 N–H and O–H groups in total. The average molecular weight is 259 g/mol. The van der Waals surface area contributed by atoms with Gasteiger partial charge >= 0.3 is 0 Å². The van der Waals surface area contributed by atoms with E-state index in [0.29, 0.717) is 6.61 Å². The average Bonchev–Trinajstić information content (AvgIpc) is 2.26. The fourth-order valence-electron chi connectivity index (χ4n) is 0.723. The highest BCUT2D eigenvalue weighted by Crippen LogP contribution is 1.89. The molecular weight excluding hydrogens is 242 g/mol. The van der Waals surface area contributed by atoms with Gasteiger partial charge in [0.15, 0.2) is 0 Å². The molecule has 0 saturated carbocycles. The minimum atomic E-state index is -3.88. The van der Waals surface area contributed by atoms with E-state index in [2.05, 4.69) is 11.6 Å². The van der Waals surface area contributed by atoms with Crippen LogP contribution in [0.2, 0.25) is 0 Å². The molecule has 17 heavy (non-hydrogen) atoms. The Morgan fingerprint density at radius 1 is 1.35 bits per heavy atom. The van der Waals surface area contributed by atoms with Gasteiger partial charge in [-0.15, -0.1) is 0 Å². The summed E-state index contributed by atoms with van der Waals surface area (Å²) in [5, 5.41) is 0. The SMILES string of the molecule is C=C(C)COCCS(=O)(=O)O.c1ccncc1. The van der Waals surface area contributed by atoms with Crippen LogP contribution in [0.15, 0.2) is 42.7 Å². The molecule has 0 unspecified atom stereocenters. The number of pyridine rings is 1. The molecule has 6 heteroatoms. The third kappa shape index (κ3) is 14.8. The highest BCUT2D eigenvalue weighted by Gasteiger charge is 2.02. The molecule has 1 aromatic rings. The van der Waals surface area contributed by atoms with Crippen LogP contribution in [-0.2, 0) is 14.9 Å². The Morgan fingerprint density at radius 3 is 2.24 bits per heavy atom. The quantitative estimate of drug-likeness (QED) is 0.493. The van der Waals surface area contributed by atoms with Gasteiger partial charge in [-0.25, -0.2) is 0 Å². The lowest BCUT2D eigenvalue weighted by atomic mass is 10.4. The van der Waals surface area contributed by atoms with Crippen molar-refractivity contribution in [2.45, 2.75) is 6.92 Å². The van der Waals surface area contributed by atoms with Gasteiger partial charge in [0.1, 0.15) is 0 Å². The molecule has 96 valence electrons. The molecule has 5 nitrogen and oxygen atoms in total. The van der Waals surface area contributed by atoms with Crippen LogP contribution in [-0.4, -0.2) is 36.9 Å². The zero-order valence-electron chi connectivity index (χ0n) is 9.74. The predicted molar refractivity (Wildman–Crippen MR) is 66.3 cm³/mol. The Morgan fingerprint density at radius 2 is 1.94 bits per heavy atom. The van der Waals surface area contributed by atoms with Crippen LogP contribution in [0.5, 0.6) is 0 Å². The molecular formula is C11H17NO4S. The van der Waals surface area contributed by atoms with E-state index in [9.17, 15) is 8.42 Å². The first-order valence-corrected chi connectivity index (χ1v) is 6.55. The van der Waals surface area contributed by atoms with E-state index in [1.807, 2.05) is 18.2 Å². The van der Waals surface area contributed by atoms with Crippen LogP contribution in [0.3, 0.4) is 0 Å². The van der Waals surface area contributed by atoms with Crippen molar-refractivity contribution in [3.8, 4) is 0 Å². The summed E-state index contributed by atoms with van der Waals surface area (Å²) in [6, 6.07) is 5.72. The van der Waals surface area contributed by atoms with Crippen LogP contribution >= 0.6 is 0 Å². The second-order valence-corrected chi connectivity index (χ2v) is 4.89. The summed E-state index contributed by atoms with van der Waals surface area (Å²) in [6.45, 7) is 5.66. The first-order chi connectivity index (χ1) is 7.92. The van der Waals surface area contributed by atoms with Gasteiger partial charge in [-0.2, -0.15) is 8.42 Å². The molecule has 0 aliphatic heterocycles. The van der Waals surface area contributed by atoms with E-state index >= 15 is 0 Å². The molecule has 0 atom stereocenters. The fraction of sp³-hybridized carbons (Fsp3) is 0.364. The van der Waals surface area contributed by atoms with Gasteiger partial charge < -0.3 is 4.74 Å². The van der Waals surface area contributed by atoms with Crippen LogP contribution < -0.4 is 0 Å². The summed E-state index contributed by atoms with van der Waals surface area (Å²) in [5.41, 5.74) is 0.820. The van der Waals surface area contributed by atoms with Crippen molar-refractivity contribution in [2.24, 2.45) is 0 Å². The van der Waals surface area contributed by atoms with Gasteiger partial charge in [0.25, 0.3) is 10.1 Å². The zero-order chi connectivity index (χ0) is 13.1. The standard InChI is InChI=1S/C6H12O4S.C5H5N/c1-6(2)5-10-3-4-11(7,8)9;1-2-4-6-5-3-1/h1,3-5H2,2H3,(H,7,8,9);1-5H. The number of ether oxygens (including phenoxy) is 1. The topological polar surface area (TPSA) is 76.5 Å². The number of hydrogen-bond donors (Lipinski definition) is 1. The Hall–Kier alpha value is -1.24. The summed E-state index contributed by atoms with van der Waals surface area (Å²) < 4.78 is 33.3. The monoisotopic (exact) mass is 259 g/mol. The van der Waals surface area contributed by atoms with E-state index in [4.69, 9.17) is 9.29 Å². The fourth-order valence-corrected chi connectivity index (χ4v) is 1.05. The summed E-state index contributed by atoms with van der Waals surface area (Å²) in [4.78, 5) is 3.78. The van der Waals surface area contributed by atoms with Gasteiger partial charge in [-0.1, -0.05) is 18.2 Å². The lowest BCUT2D eigenvalue weighted by Gasteiger charge is -2.00. The Balaban J connectivity index is 0.000000354. The van der Waals surface area contributed by atoms with Gasteiger partial charge in [0, 0.05) is 12.4 Å². The minimum Gasteiger partial charge on any atom is -0.376 e. The van der Waals surface area contributed by atoms with E-state index < -0.39 is 10.1 Å². The van der Waals surface area contributed by atoms with Crippen molar-refractivity contribution in [3.05, 3.63) is 42.7 Å². The van der Waals surface area contributed by atoms with Gasteiger partial charge in [0.05, 0.1) is 19.0 Å². The number of rotatable bonds is 5. The zero-order valence-corrected chi connectivity index (χ0v) is 10.6. The molecule has 0 bridgehead atoms. The van der Waals surface area contributed by atoms with E-state index in [-0.39, 0.29) is 12.4 Å². The number of hydrogen-bond acceptors (Lipinski definition) is 4. The first kappa shape index (κ1) is 15.8. The molecule has 0 aliphatic rings. The van der Waals surface area contributed by atoms with Crippen LogP contribution in [0.4, 0.5) is 0 Å². The van der Waals surface area contributed by atoms with E-state index in [1.165, 1.54) is 0 Å². The second kappa shape index (κ2) is 8.86. The Bertz CT molecular complexity index is 376. The van der Waals surface area contributed by atoms with Crippen LogP contribution in [0.25, 0.3) is 0 Å². The molecule has 0 aliphatic carbocycles. The molecule has 1 aromatic heterocycles. The Labute approximate surface area is 102 Å². The normalized spacial score (nSPS) is 10.2. The number of aromatic nitrogens is 1. The van der Waals surface area contributed by atoms with Gasteiger partial charge in [-0.3, -0.25) is 9.54 Å². The predicted octanol–water partition coefficient (Wildman–Crippen LogP) is 1.55. The van der Waals surface area contributed by atoms with Crippen molar-refractivity contribution in [1.29, 1.82) is 0 Å². The summed E-state index contributed by atoms with van der Waals surface area (Å²) in [5.74, 6) is -0.361. The smallest absolute Gasteiger partial charge is 0.267 e. The number of nitrogens with zero attached hydrogens (tertiary/aromatic N) is 1. The largest absolute Gasteiger partial charge is 0.376 e. The first-order valence-electron chi connectivity index (χ1n) is 4.94. The van der Waals surface area contributed by atoms with Crippen molar-refractivity contribution in [3.63, 3.8) is 0 Å². The molecule has 1 rings (SSSR count).